The fraction of sp³-hybridized carbons (Fsp3) is 0.333. The van der Waals surface area contributed by atoms with Gasteiger partial charge in [0.25, 0.3) is 0 Å². The number of thioether (sulfide) groups is 1. The fourth-order valence-corrected chi connectivity index (χ4v) is 1.14. The molecule has 0 saturated carbocycles. The van der Waals surface area contributed by atoms with E-state index in [9.17, 15) is 0 Å². The summed E-state index contributed by atoms with van der Waals surface area (Å²) in [6, 6.07) is 1.96. The van der Waals surface area contributed by atoms with Gasteiger partial charge in [0.2, 0.25) is 0 Å². The lowest BCUT2D eigenvalue weighted by atomic mass is 10.6. The van der Waals surface area contributed by atoms with Crippen molar-refractivity contribution in [1.82, 2.24) is 10.2 Å². The maximum absolute atomic E-state index is 3.73. The van der Waals surface area contributed by atoms with Crippen molar-refractivity contribution in [3.05, 3.63) is 18.5 Å². The molecule has 0 atom stereocenters. The van der Waals surface area contributed by atoms with Gasteiger partial charge in [-0.05, 0) is 11.8 Å². The molecule has 2 nitrogen and oxygen atoms in total. The Balaban J connectivity index is 2.61. The average Bonchev–Trinajstić information content (AvgIpc) is 1.91. The Morgan fingerprint density at radius 2 is 2.44 bits per heavy atom. The summed E-state index contributed by atoms with van der Waals surface area (Å²) in [4.78, 5) is 1.19. The van der Waals surface area contributed by atoms with Crippen LogP contribution in [-0.2, 0) is 0 Å². The van der Waals surface area contributed by atoms with Gasteiger partial charge in [0.1, 0.15) is 0 Å². The molecule has 48 valence electrons. The highest BCUT2D eigenvalue weighted by molar-refractivity contribution is 7.99. The van der Waals surface area contributed by atoms with Crippen molar-refractivity contribution >= 4 is 11.8 Å². The van der Waals surface area contributed by atoms with E-state index >= 15 is 0 Å². The van der Waals surface area contributed by atoms with Crippen LogP contribution in [0.4, 0.5) is 0 Å². The molecular formula is C6H8N2S. The molecule has 1 aromatic heterocycles. The summed E-state index contributed by atoms with van der Waals surface area (Å²) in [6.07, 6.45) is 3.48. The third-order valence-corrected chi connectivity index (χ3v) is 1.73. The average molecular weight is 140 g/mol. The van der Waals surface area contributed by atoms with Crippen LogP contribution in [0, 0.1) is 0 Å². The van der Waals surface area contributed by atoms with Gasteiger partial charge in [0, 0.05) is 4.90 Å². The van der Waals surface area contributed by atoms with Gasteiger partial charge in [-0.1, -0.05) is 6.92 Å². The first-order chi connectivity index (χ1) is 4.43. The highest BCUT2D eigenvalue weighted by Crippen LogP contribution is 2.13. The number of rotatable bonds is 2. The maximum atomic E-state index is 3.73. The van der Waals surface area contributed by atoms with Gasteiger partial charge in [0.05, 0.1) is 12.4 Å². The second-order valence-corrected chi connectivity index (χ2v) is 2.85. The fourth-order valence-electron chi connectivity index (χ4n) is 0.531. The smallest absolute Gasteiger partial charge is 0.0632 e. The molecule has 0 bridgehead atoms. The highest BCUT2D eigenvalue weighted by Gasteiger charge is 1.86. The van der Waals surface area contributed by atoms with Crippen LogP contribution in [0.15, 0.2) is 23.4 Å². The zero-order valence-electron chi connectivity index (χ0n) is 5.24. The van der Waals surface area contributed by atoms with Gasteiger partial charge in [-0.3, -0.25) is 0 Å². The lowest BCUT2D eigenvalue weighted by molar-refractivity contribution is 0.997. The van der Waals surface area contributed by atoms with Gasteiger partial charge in [-0.2, -0.15) is 10.2 Å². The number of hydrogen-bond donors (Lipinski definition) is 0. The van der Waals surface area contributed by atoms with Crippen molar-refractivity contribution in [2.45, 2.75) is 11.8 Å². The standard InChI is InChI=1S/C6H8N2S/c1-2-9-6-3-4-7-8-5-6/h3-5H,2H2,1H3. The van der Waals surface area contributed by atoms with Gasteiger partial charge in [0.15, 0.2) is 0 Å². The first kappa shape index (κ1) is 6.55. The largest absolute Gasteiger partial charge is 0.159 e. The van der Waals surface area contributed by atoms with E-state index in [1.807, 2.05) is 6.07 Å². The third kappa shape index (κ3) is 2.01. The van der Waals surface area contributed by atoms with Gasteiger partial charge in [-0.25, -0.2) is 0 Å². The molecule has 9 heavy (non-hydrogen) atoms. The molecule has 0 saturated heterocycles. The molecule has 1 heterocycles. The zero-order valence-corrected chi connectivity index (χ0v) is 6.06. The summed E-state index contributed by atoms with van der Waals surface area (Å²) in [5.74, 6) is 1.09. The van der Waals surface area contributed by atoms with Crippen molar-refractivity contribution in [2.75, 3.05) is 5.75 Å². The van der Waals surface area contributed by atoms with Crippen LogP contribution in [0.25, 0.3) is 0 Å². The van der Waals surface area contributed by atoms with E-state index in [-0.39, 0.29) is 0 Å². The van der Waals surface area contributed by atoms with Crippen LogP contribution >= 0.6 is 11.8 Å². The van der Waals surface area contributed by atoms with Crippen LogP contribution in [-0.4, -0.2) is 16.0 Å². The Morgan fingerprint density at radius 1 is 1.56 bits per heavy atom. The lowest BCUT2D eigenvalue weighted by Gasteiger charge is -1.91. The normalized spacial score (nSPS) is 9.44. The predicted octanol–water partition coefficient (Wildman–Crippen LogP) is 1.59. The first-order valence-electron chi connectivity index (χ1n) is 2.83. The second kappa shape index (κ2) is 3.45. The molecule has 0 aliphatic heterocycles. The molecule has 1 rings (SSSR count). The lowest BCUT2D eigenvalue weighted by Crippen LogP contribution is -1.78. The Kier molecular flexibility index (Phi) is 2.51. The molecule has 0 radical (unpaired) electrons. The second-order valence-electron chi connectivity index (χ2n) is 1.51. The topological polar surface area (TPSA) is 25.8 Å². The van der Waals surface area contributed by atoms with Crippen molar-refractivity contribution in [3.8, 4) is 0 Å². The molecule has 0 unspecified atom stereocenters. The highest BCUT2D eigenvalue weighted by atomic mass is 32.2. The maximum Gasteiger partial charge on any atom is 0.0632 e. The number of hydrogen-bond acceptors (Lipinski definition) is 3. The minimum absolute atomic E-state index is 1.09. The molecule has 0 spiro atoms. The SMILES string of the molecule is CCSc1ccnnc1. The molecule has 0 aliphatic carbocycles. The quantitative estimate of drug-likeness (QED) is 0.583. The van der Waals surface area contributed by atoms with Gasteiger partial charge in [-0.15, -0.1) is 11.8 Å². The van der Waals surface area contributed by atoms with Crippen molar-refractivity contribution < 1.29 is 0 Å². The molecule has 0 amide bonds. The minimum atomic E-state index is 1.09. The molecule has 1 aromatic rings. The molecule has 0 aromatic carbocycles. The predicted molar refractivity (Wildman–Crippen MR) is 38.4 cm³/mol. The Morgan fingerprint density at radius 3 is 3.00 bits per heavy atom. The Labute approximate surface area is 58.7 Å². The van der Waals surface area contributed by atoms with E-state index in [2.05, 4.69) is 17.1 Å². The summed E-state index contributed by atoms with van der Waals surface area (Å²) in [5, 5.41) is 7.40. The zero-order chi connectivity index (χ0) is 6.53. The number of aromatic nitrogens is 2. The first-order valence-corrected chi connectivity index (χ1v) is 3.81. The summed E-state index contributed by atoms with van der Waals surface area (Å²) in [5.41, 5.74) is 0. The van der Waals surface area contributed by atoms with Crippen molar-refractivity contribution in [2.24, 2.45) is 0 Å². The number of nitrogens with zero attached hydrogens (tertiary/aromatic N) is 2. The third-order valence-electron chi connectivity index (χ3n) is 0.868. The molecule has 0 aliphatic rings. The van der Waals surface area contributed by atoms with E-state index in [1.54, 1.807) is 24.2 Å². The molecule has 3 heteroatoms. The monoisotopic (exact) mass is 140 g/mol. The van der Waals surface area contributed by atoms with Crippen molar-refractivity contribution in [1.29, 1.82) is 0 Å². The van der Waals surface area contributed by atoms with Crippen LogP contribution in [0.2, 0.25) is 0 Å². The van der Waals surface area contributed by atoms with Gasteiger partial charge < -0.3 is 0 Å². The minimum Gasteiger partial charge on any atom is -0.159 e. The van der Waals surface area contributed by atoms with Crippen LogP contribution in [0.3, 0.4) is 0 Å². The van der Waals surface area contributed by atoms with Crippen molar-refractivity contribution in [3.63, 3.8) is 0 Å². The van der Waals surface area contributed by atoms with E-state index < -0.39 is 0 Å². The summed E-state index contributed by atoms with van der Waals surface area (Å²) < 4.78 is 0. The summed E-state index contributed by atoms with van der Waals surface area (Å²) >= 11 is 1.77. The van der Waals surface area contributed by atoms with Crippen LogP contribution in [0.5, 0.6) is 0 Å². The van der Waals surface area contributed by atoms with E-state index in [0.717, 1.165) is 5.75 Å². The van der Waals surface area contributed by atoms with E-state index in [1.165, 1.54) is 4.90 Å². The van der Waals surface area contributed by atoms with Crippen LogP contribution < -0.4 is 0 Å². The Hall–Kier alpha value is -0.570. The van der Waals surface area contributed by atoms with Crippen LogP contribution in [0.1, 0.15) is 6.92 Å². The van der Waals surface area contributed by atoms with Gasteiger partial charge >= 0.3 is 0 Å². The molecule has 0 fully saturated rings. The summed E-state index contributed by atoms with van der Waals surface area (Å²) in [6.45, 7) is 2.12. The molecule has 0 N–H and O–H groups in total. The Bertz CT molecular complexity index is 164. The molecular weight excluding hydrogens is 132 g/mol. The summed E-state index contributed by atoms with van der Waals surface area (Å²) in [7, 11) is 0. The van der Waals surface area contributed by atoms with E-state index in [0.29, 0.717) is 0 Å². The van der Waals surface area contributed by atoms with E-state index in [4.69, 9.17) is 0 Å².